The zero-order chi connectivity index (χ0) is 16.8. The molecule has 124 valence electrons. The maximum Gasteiger partial charge on any atom is 0.336 e. The third-order valence-electron chi connectivity index (χ3n) is 3.59. The molecule has 3 rings (SSSR count). The second-order valence-electron chi connectivity index (χ2n) is 5.34. The van der Waals surface area contributed by atoms with Gasteiger partial charge in [-0.2, -0.15) is 8.78 Å². The Morgan fingerprint density at radius 1 is 1.17 bits per heavy atom. The monoisotopic (exact) mass is 349 g/mol. The summed E-state index contributed by atoms with van der Waals surface area (Å²) in [5.74, 6) is -6.11. The Morgan fingerprint density at radius 3 is 2.39 bits per heavy atom. The summed E-state index contributed by atoms with van der Waals surface area (Å²) in [6, 6.07) is 1.84. The molecule has 0 unspecified atom stereocenters. The van der Waals surface area contributed by atoms with Crippen LogP contribution >= 0.6 is 0 Å². The molecule has 1 aliphatic rings. The van der Waals surface area contributed by atoms with Gasteiger partial charge in [-0.3, -0.25) is 4.98 Å². The topological polar surface area (TPSA) is 63.2 Å². The number of alkyl halides is 2. The van der Waals surface area contributed by atoms with E-state index in [4.69, 9.17) is 0 Å². The fraction of sp³-hybridized carbons (Fsp3) is 0.385. The summed E-state index contributed by atoms with van der Waals surface area (Å²) in [5, 5.41) is 0. The molecule has 5 nitrogen and oxygen atoms in total. The lowest BCUT2D eigenvalue weighted by Gasteiger charge is -2.39. The highest BCUT2D eigenvalue weighted by atomic mass is 32.2. The van der Waals surface area contributed by atoms with E-state index in [0.717, 1.165) is 12.1 Å². The van der Waals surface area contributed by atoms with Gasteiger partial charge >= 0.3 is 5.76 Å². The average molecular weight is 349 g/mol. The van der Waals surface area contributed by atoms with Gasteiger partial charge in [0.05, 0.1) is 23.0 Å². The van der Waals surface area contributed by atoms with Crippen molar-refractivity contribution in [2.45, 2.75) is 5.76 Å². The first-order valence-electron chi connectivity index (χ1n) is 6.63. The molecular weight excluding hydrogens is 338 g/mol. The molecular formula is C13H11F4N3O2S. The Labute approximate surface area is 128 Å². The van der Waals surface area contributed by atoms with E-state index in [9.17, 15) is 26.0 Å². The van der Waals surface area contributed by atoms with Crippen molar-refractivity contribution in [2.75, 3.05) is 23.7 Å². The number of fused-ring (bicyclic) bond motifs is 1. The lowest BCUT2D eigenvalue weighted by molar-refractivity contribution is 0.233. The van der Waals surface area contributed by atoms with Crippen molar-refractivity contribution in [1.82, 2.24) is 9.97 Å². The van der Waals surface area contributed by atoms with Gasteiger partial charge in [0.25, 0.3) is 0 Å². The van der Waals surface area contributed by atoms with Gasteiger partial charge in [0.1, 0.15) is 5.82 Å². The Bertz CT molecular complexity index is 854. The number of nitrogens with zero attached hydrogens (tertiary/aromatic N) is 3. The highest BCUT2D eigenvalue weighted by Crippen LogP contribution is 2.26. The molecule has 10 heteroatoms. The Kier molecular flexibility index (Phi) is 3.86. The highest BCUT2D eigenvalue weighted by Gasteiger charge is 2.35. The van der Waals surface area contributed by atoms with Crippen LogP contribution in [-0.4, -0.2) is 43.0 Å². The van der Waals surface area contributed by atoms with Crippen LogP contribution < -0.4 is 4.90 Å². The third kappa shape index (κ3) is 3.07. The molecule has 23 heavy (non-hydrogen) atoms. The first-order valence-corrected chi connectivity index (χ1v) is 8.34. The molecule has 0 atom stereocenters. The van der Waals surface area contributed by atoms with E-state index in [0.29, 0.717) is 5.82 Å². The zero-order valence-electron chi connectivity index (χ0n) is 11.6. The van der Waals surface area contributed by atoms with Crippen LogP contribution in [0.2, 0.25) is 0 Å². The molecule has 2 aromatic rings. The van der Waals surface area contributed by atoms with Crippen molar-refractivity contribution in [3.05, 3.63) is 30.0 Å². The van der Waals surface area contributed by atoms with E-state index in [1.807, 2.05) is 0 Å². The molecule has 0 aliphatic carbocycles. The molecule has 1 aromatic heterocycles. The number of aromatic nitrogens is 2. The maximum atomic E-state index is 13.2. The van der Waals surface area contributed by atoms with Gasteiger partial charge in [-0.25, -0.2) is 22.2 Å². The minimum atomic E-state index is -4.40. The van der Waals surface area contributed by atoms with E-state index in [1.165, 1.54) is 6.20 Å². The van der Waals surface area contributed by atoms with Crippen LogP contribution in [0.1, 0.15) is 0 Å². The largest absolute Gasteiger partial charge is 0.355 e. The van der Waals surface area contributed by atoms with Gasteiger partial charge in [-0.05, 0) is 0 Å². The molecule has 1 saturated heterocycles. The zero-order valence-corrected chi connectivity index (χ0v) is 12.4. The van der Waals surface area contributed by atoms with E-state index < -0.39 is 38.9 Å². The Morgan fingerprint density at radius 2 is 1.78 bits per heavy atom. The van der Waals surface area contributed by atoms with Crippen molar-refractivity contribution in [1.29, 1.82) is 0 Å². The van der Waals surface area contributed by atoms with Crippen molar-refractivity contribution in [3.8, 4) is 0 Å². The Balaban J connectivity index is 1.73. The lowest BCUT2D eigenvalue weighted by Crippen LogP contribution is -2.50. The van der Waals surface area contributed by atoms with Crippen LogP contribution in [0.15, 0.2) is 18.3 Å². The normalized spacial score (nSPS) is 16.1. The van der Waals surface area contributed by atoms with Crippen molar-refractivity contribution < 1.29 is 26.0 Å². The molecule has 0 saturated carbocycles. The quantitative estimate of drug-likeness (QED) is 0.790. The van der Waals surface area contributed by atoms with Crippen LogP contribution in [0.5, 0.6) is 0 Å². The van der Waals surface area contributed by atoms with Gasteiger partial charge < -0.3 is 4.90 Å². The molecule has 2 heterocycles. The Hall–Kier alpha value is -1.97. The number of rotatable bonds is 4. The first-order chi connectivity index (χ1) is 10.8. The van der Waals surface area contributed by atoms with Gasteiger partial charge in [0, 0.05) is 31.1 Å². The van der Waals surface area contributed by atoms with Crippen LogP contribution in [-0.2, 0) is 9.84 Å². The summed E-state index contributed by atoms with van der Waals surface area (Å²) >= 11 is 0. The summed E-state index contributed by atoms with van der Waals surface area (Å²) in [6.07, 6.45) is 1.34. The second-order valence-corrected chi connectivity index (χ2v) is 7.36. The number of hydrogen-bond donors (Lipinski definition) is 0. The predicted molar refractivity (Wildman–Crippen MR) is 74.9 cm³/mol. The number of anilines is 1. The van der Waals surface area contributed by atoms with Crippen molar-refractivity contribution >= 4 is 26.7 Å². The molecule has 0 spiro atoms. The minimum absolute atomic E-state index is 0.157. The fourth-order valence-corrected chi connectivity index (χ4v) is 3.43. The second kappa shape index (κ2) is 5.59. The summed E-state index contributed by atoms with van der Waals surface area (Å²) < 4.78 is 73.2. The average Bonchev–Trinajstić information content (AvgIpc) is 2.43. The predicted octanol–water partition coefficient (Wildman–Crippen LogP) is 1.98. The van der Waals surface area contributed by atoms with Crippen molar-refractivity contribution in [2.24, 2.45) is 5.92 Å². The van der Waals surface area contributed by atoms with Crippen LogP contribution in [0.4, 0.5) is 23.4 Å². The molecule has 1 aromatic carbocycles. The summed E-state index contributed by atoms with van der Waals surface area (Å²) in [7, 11) is -4.40. The van der Waals surface area contributed by atoms with Gasteiger partial charge in [0.15, 0.2) is 11.6 Å². The van der Waals surface area contributed by atoms with Crippen LogP contribution in [0.25, 0.3) is 11.0 Å². The summed E-state index contributed by atoms with van der Waals surface area (Å²) in [6.45, 7) is 0.464. The molecule has 0 amide bonds. The standard InChI is InChI=1S/C13H11F4N3O2S/c14-8-1-10-11(2-9(8)15)19-12(3-18-10)20-4-7(5-20)6-23(21,22)13(16)17/h1-3,7,13H,4-6H2. The molecule has 1 fully saturated rings. The highest BCUT2D eigenvalue weighted by molar-refractivity contribution is 7.91. The van der Waals surface area contributed by atoms with Crippen molar-refractivity contribution in [3.63, 3.8) is 0 Å². The number of halogens is 4. The molecule has 0 bridgehead atoms. The minimum Gasteiger partial charge on any atom is -0.355 e. The number of benzene rings is 1. The van der Waals surface area contributed by atoms with Gasteiger partial charge in [0.2, 0.25) is 9.84 Å². The van der Waals surface area contributed by atoms with Gasteiger partial charge in [-0.1, -0.05) is 0 Å². The number of sulfone groups is 1. The summed E-state index contributed by atoms with van der Waals surface area (Å²) in [5.41, 5.74) is 0.343. The van der Waals surface area contributed by atoms with E-state index in [1.54, 1.807) is 4.90 Å². The van der Waals surface area contributed by atoms with Crippen LogP contribution in [0, 0.1) is 17.6 Å². The first kappa shape index (κ1) is 15.9. The van der Waals surface area contributed by atoms with Gasteiger partial charge in [-0.15, -0.1) is 0 Å². The SMILES string of the molecule is O=S(=O)(CC1CN(c2cnc3cc(F)c(F)cc3n2)C1)C(F)F. The maximum absolute atomic E-state index is 13.2. The smallest absolute Gasteiger partial charge is 0.336 e. The lowest BCUT2D eigenvalue weighted by atomic mass is 10.0. The summed E-state index contributed by atoms with van der Waals surface area (Å²) in [4.78, 5) is 9.73. The number of hydrogen-bond acceptors (Lipinski definition) is 5. The molecule has 1 aliphatic heterocycles. The third-order valence-corrected chi connectivity index (χ3v) is 5.07. The van der Waals surface area contributed by atoms with E-state index >= 15 is 0 Å². The van der Waals surface area contributed by atoms with Crippen LogP contribution in [0.3, 0.4) is 0 Å². The fourth-order valence-electron chi connectivity index (χ4n) is 2.41. The molecule has 0 radical (unpaired) electrons. The van der Waals surface area contributed by atoms with E-state index in [-0.39, 0.29) is 24.1 Å². The molecule has 0 N–H and O–H groups in total. The van der Waals surface area contributed by atoms with E-state index in [2.05, 4.69) is 9.97 Å².